The molecule has 0 fully saturated rings. The van der Waals surface area contributed by atoms with Crippen LogP contribution in [0.4, 0.5) is 0 Å². The van der Waals surface area contributed by atoms with E-state index in [-0.39, 0.29) is 12.6 Å². The van der Waals surface area contributed by atoms with E-state index in [1.165, 1.54) is 0 Å². The van der Waals surface area contributed by atoms with Crippen LogP contribution in [0, 0.1) is 0 Å². The van der Waals surface area contributed by atoms with Crippen LogP contribution >= 0.6 is 0 Å². The van der Waals surface area contributed by atoms with Gasteiger partial charge in [0.2, 0.25) is 0 Å². The molecule has 0 saturated heterocycles. The van der Waals surface area contributed by atoms with Crippen molar-refractivity contribution in [3.63, 3.8) is 0 Å². The maximum atomic E-state index is 9.77. The van der Waals surface area contributed by atoms with E-state index >= 15 is 0 Å². The molecule has 136 valence electrons. The summed E-state index contributed by atoms with van der Waals surface area (Å²) in [5.41, 5.74) is 3.19. The molecule has 5 nitrogen and oxygen atoms in total. The lowest BCUT2D eigenvalue weighted by Gasteiger charge is -2.30. The number of aromatic nitrogens is 1. The van der Waals surface area contributed by atoms with Gasteiger partial charge in [-0.25, -0.2) is 0 Å². The fourth-order valence-electron chi connectivity index (χ4n) is 2.95. The summed E-state index contributed by atoms with van der Waals surface area (Å²) in [6.45, 7) is 4.16. The minimum absolute atomic E-state index is 0.0926. The zero-order valence-electron chi connectivity index (χ0n) is 15.3. The summed E-state index contributed by atoms with van der Waals surface area (Å²) in [4.78, 5) is 6.69. The normalized spacial score (nSPS) is 12.4. The lowest BCUT2D eigenvalue weighted by Crippen LogP contribution is -2.36. The molecule has 1 aromatic carbocycles. The Hall–Kier alpha value is -1.95. The molecular weight excluding hydrogens is 316 g/mol. The molecule has 0 radical (unpaired) electrons. The number of hydrogen-bond acceptors (Lipinski definition) is 5. The molecule has 2 rings (SSSR count). The fourth-order valence-corrected chi connectivity index (χ4v) is 2.95. The van der Waals surface area contributed by atoms with Gasteiger partial charge in [0.25, 0.3) is 0 Å². The van der Waals surface area contributed by atoms with Crippen LogP contribution in [-0.2, 0) is 24.4 Å². The van der Waals surface area contributed by atoms with E-state index in [2.05, 4.69) is 28.9 Å². The number of aliphatic hydroxyl groups is 1. The third kappa shape index (κ3) is 5.53. The monoisotopic (exact) mass is 344 g/mol. The highest BCUT2D eigenvalue weighted by atomic mass is 16.5. The number of rotatable bonds is 10. The Balaban J connectivity index is 2.22. The van der Waals surface area contributed by atoms with Gasteiger partial charge in [0.05, 0.1) is 26.0 Å². The third-order valence-electron chi connectivity index (χ3n) is 4.32. The van der Waals surface area contributed by atoms with E-state index in [0.29, 0.717) is 13.2 Å². The molecule has 1 unspecified atom stereocenters. The van der Waals surface area contributed by atoms with E-state index in [0.717, 1.165) is 35.5 Å². The molecule has 0 aliphatic rings. The molecule has 0 amide bonds. The van der Waals surface area contributed by atoms with Crippen molar-refractivity contribution in [1.82, 2.24) is 9.88 Å². The maximum Gasteiger partial charge on any atom is 0.124 e. The summed E-state index contributed by atoms with van der Waals surface area (Å²) < 4.78 is 10.7. The summed E-state index contributed by atoms with van der Waals surface area (Å²) in [7, 11) is 3.35. The van der Waals surface area contributed by atoms with Crippen molar-refractivity contribution in [3.05, 3.63) is 59.4 Å². The van der Waals surface area contributed by atoms with Gasteiger partial charge in [-0.2, -0.15) is 0 Å². The van der Waals surface area contributed by atoms with Gasteiger partial charge in [0, 0.05) is 38.0 Å². The highest BCUT2D eigenvalue weighted by molar-refractivity contribution is 5.37. The van der Waals surface area contributed by atoms with E-state index in [1.807, 2.05) is 24.3 Å². The highest BCUT2D eigenvalue weighted by Gasteiger charge is 2.18. The maximum absolute atomic E-state index is 9.77. The van der Waals surface area contributed by atoms with Crippen molar-refractivity contribution >= 4 is 0 Å². The van der Waals surface area contributed by atoms with Gasteiger partial charge in [0.1, 0.15) is 5.75 Å². The first-order valence-corrected chi connectivity index (χ1v) is 8.61. The second kappa shape index (κ2) is 10.1. The molecule has 0 aliphatic carbocycles. The minimum Gasteiger partial charge on any atom is -0.496 e. The Kier molecular flexibility index (Phi) is 7.85. The molecule has 0 saturated carbocycles. The second-order valence-electron chi connectivity index (χ2n) is 6.05. The molecule has 1 aromatic heterocycles. The Bertz CT molecular complexity index is 630. The van der Waals surface area contributed by atoms with Crippen LogP contribution in [0.25, 0.3) is 0 Å². The zero-order chi connectivity index (χ0) is 18.1. The molecule has 1 heterocycles. The third-order valence-corrected chi connectivity index (χ3v) is 4.32. The SMILES string of the molecule is CCC(CO)N(Cc1ccc(OC)c(COC)c1)Cc1ccccn1. The first kappa shape index (κ1) is 19.4. The fraction of sp³-hybridized carbons (Fsp3) is 0.450. The zero-order valence-corrected chi connectivity index (χ0v) is 15.3. The number of hydrogen-bond donors (Lipinski definition) is 1. The molecular formula is C20H28N2O3. The van der Waals surface area contributed by atoms with Crippen LogP contribution in [0.3, 0.4) is 0 Å². The van der Waals surface area contributed by atoms with Gasteiger partial charge < -0.3 is 14.6 Å². The van der Waals surface area contributed by atoms with Crippen molar-refractivity contribution in [3.8, 4) is 5.75 Å². The van der Waals surface area contributed by atoms with Gasteiger partial charge in [-0.3, -0.25) is 9.88 Å². The van der Waals surface area contributed by atoms with Crippen LogP contribution < -0.4 is 4.74 Å². The summed E-state index contributed by atoms with van der Waals surface area (Å²) in [5.74, 6) is 0.830. The summed E-state index contributed by atoms with van der Waals surface area (Å²) in [5, 5.41) is 9.77. The van der Waals surface area contributed by atoms with E-state index < -0.39 is 0 Å². The highest BCUT2D eigenvalue weighted by Crippen LogP contribution is 2.23. The second-order valence-corrected chi connectivity index (χ2v) is 6.05. The number of ether oxygens (including phenoxy) is 2. The van der Waals surface area contributed by atoms with Crippen molar-refractivity contribution < 1.29 is 14.6 Å². The molecule has 0 aliphatic heterocycles. The summed E-state index contributed by atoms with van der Waals surface area (Å²) in [6.07, 6.45) is 2.68. The van der Waals surface area contributed by atoms with Gasteiger partial charge in [0.15, 0.2) is 0 Å². The van der Waals surface area contributed by atoms with Crippen LogP contribution in [0.1, 0.15) is 30.2 Å². The van der Waals surface area contributed by atoms with Gasteiger partial charge in [-0.05, 0) is 36.2 Å². The Morgan fingerprint density at radius 3 is 2.60 bits per heavy atom. The number of aliphatic hydroxyl groups excluding tert-OH is 1. The first-order chi connectivity index (χ1) is 12.2. The number of nitrogens with zero attached hydrogens (tertiary/aromatic N) is 2. The molecule has 0 spiro atoms. The van der Waals surface area contributed by atoms with Crippen LogP contribution in [0.15, 0.2) is 42.6 Å². The Morgan fingerprint density at radius 2 is 2.00 bits per heavy atom. The molecule has 1 atom stereocenters. The average molecular weight is 344 g/mol. The lowest BCUT2D eigenvalue weighted by molar-refractivity contribution is 0.105. The topological polar surface area (TPSA) is 54.8 Å². The molecule has 2 aromatic rings. The van der Waals surface area contributed by atoms with E-state index in [1.54, 1.807) is 20.4 Å². The largest absolute Gasteiger partial charge is 0.496 e. The molecule has 25 heavy (non-hydrogen) atoms. The van der Waals surface area contributed by atoms with Crippen LogP contribution in [-0.4, -0.2) is 41.9 Å². The quantitative estimate of drug-likeness (QED) is 0.718. The van der Waals surface area contributed by atoms with Crippen LogP contribution in [0.5, 0.6) is 5.75 Å². The summed E-state index contributed by atoms with van der Waals surface area (Å²) >= 11 is 0. The number of pyridine rings is 1. The summed E-state index contributed by atoms with van der Waals surface area (Å²) in [6, 6.07) is 12.2. The van der Waals surface area contributed by atoms with Crippen LogP contribution in [0.2, 0.25) is 0 Å². The molecule has 5 heteroatoms. The van der Waals surface area contributed by atoms with E-state index in [4.69, 9.17) is 9.47 Å². The van der Waals surface area contributed by atoms with Gasteiger partial charge >= 0.3 is 0 Å². The molecule has 0 bridgehead atoms. The Morgan fingerprint density at radius 1 is 1.16 bits per heavy atom. The standard InChI is InChI=1S/C20H28N2O3/c1-4-19(14-23)22(13-18-7-5-6-10-21-18)12-16-8-9-20(25-3)17(11-16)15-24-2/h5-11,19,23H,4,12-15H2,1-3H3. The van der Waals surface area contributed by atoms with E-state index in [9.17, 15) is 5.11 Å². The van der Waals surface area contributed by atoms with Gasteiger partial charge in [-0.15, -0.1) is 0 Å². The Labute approximate surface area is 150 Å². The average Bonchev–Trinajstić information content (AvgIpc) is 2.64. The minimum atomic E-state index is 0.0926. The molecule has 1 N–H and O–H groups in total. The van der Waals surface area contributed by atoms with Crippen molar-refractivity contribution in [1.29, 1.82) is 0 Å². The number of methoxy groups -OCH3 is 2. The van der Waals surface area contributed by atoms with Crippen molar-refractivity contribution in [2.45, 2.75) is 39.1 Å². The number of benzene rings is 1. The van der Waals surface area contributed by atoms with Crippen molar-refractivity contribution in [2.75, 3.05) is 20.8 Å². The predicted molar refractivity (Wildman–Crippen MR) is 98.4 cm³/mol. The first-order valence-electron chi connectivity index (χ1n) is 8.61. The smallest absolute Gasteiger partial charge is 0.124 e. The lowest BCUT2D eigenvalue weighted by atomic mass is 10.1. The predicted octanol–water partition coefficient (Wildman–Crippen LogP) is 3.01. The van der Waals surface area contributed by atoms with Gasteiger partial charge in [-0.1, -0.05) is 19.1 Å². The van der Waals surface area contributed by atoms with Crippen molar-refractivity contribution in [2.24, 2.45) is 0 Å².